The Morgan fingerprint density at radius 2 is 2.18 bits per heavy atom. The van der Waals surface area contributed by atoms with Gasteiger partial charge in [0.25, 0.3) is 5.91 Å². The molecule has 0 unspecified atom stereocenters. The molecular weight excluding hydrogens is 234 g/mol. The minimum atomic E-state index is -0.101. The van der Waals surface area contributed by atoms with Crippen molar-refractivity contribution in [1.29, 1.82) is 0 Å². The van der Waals surface area contributed by atoms with E-state index in [2.05, 4.69) is 9.59 Å². The van der Waals surface area contributed by atoms with Crippen molar-refractivity contribution < 1.29 is 4.79 Å². The number of hydrogen-bond acceptors (Lipinski definition) is 4. The third-order valence-corrected chi connectivity index (χ3v) is 3.05. The maximum absolute atomic E-state index is 12.2. The number of para-hydroxylation sites is 1. The summed E-state index contributed by atoms with van der Waals surface area (Å²) < 4.78 is 3.72. The lowest BCUT2D eigenvalue weighted by atomic mass is 10.1. The lowest BCUT2D eigenvalue weighted by Crippen LogP contribution is -2.31. The Labute approximate surface area is 104 Å². The first-order valence-electron chi connectivity index (χ1n) is 5.38. The van der Waals surface area contributed by atoms with E-state index in [0.717, 1.165) is 11.3 Å². The quantitative estimate of drug-likeness (QED) is 0.837. The van der Waals surface area contributed by atoms with Crippen LogP contribution in [-0.4, -0.2) is 22.0 Å². The molecule has 0 N–H and O–H groups in total. The first kappa shape index (κ1) is 11.7. The van der Waals surface area contributed by atoms with E-state index in [1.807, 2.05) is 38.1 Å². The normalized spacial score (nSPS) is 10.2. The van der Waals surface area contributed by atoms with Gasteiger partial charge in [0.15, 0.2) is 5.69 Å². The second-order valence-corrected chi connectivity index (χ2v) is 4.24. The predicted octanol–water partition coefficient (Wildman–Crippen LogP) is 2.51. The summed E-state index contributed by atoms with van der Waals surface area (Å²) >= 11 is 1.19. The second-order valence-electron chi connectivity index (χ2n) is 3.63. The topological polar surface area (TPSA) is 46.1 Å². The number of aryl methyl sites for hydroxylation is 1. The molecule has 0 aliphatic rings. The number of rotatable bonds is 3. The van der Waals surface area contributed by atoms with Crippen LogP contribution in [0.2, 0.25) is 0 Å². The summed E-state index contributed by atoms with van der Waals surface area (Å²) in [6.07, 6.45) is 0. The number of nitrogens with zero attached hydrogens (tertiary/aromatic N) is 3. The van der Waals surface area contributed by atoms with E-state index in [0.29, 0.717) is 12.2 Å². The lowest BCUT2D eigenvalue weighted by molar-refractivity contribution is 0.0983. The van der Waals surface area contributed by atoms with Gasteiger partial charge in [-0.15, -0.1) is 5.10 Å². The van der Waals surface area contributed by atoms with Gasteiger partial charge in [0, 0.05) is 17.6 Å². The molecular formula is C12H13N3OS. The number of carbonyl (C=O) groups is 1. The van der Waals surface area contributed by atoms with Gasteiger partial charge in [-0.25, -0.2) is 0 Å². The van der Waals surface area contributed by atoms with Gasteiger partial charge in [-0.05, 0) is 37.0 Å². The third-order valence-electron chi connectivity index (χ3n) is 2.55. The Bertz CT molecular complexity index is 510. The highest BCUT2D eigenvalue weighted by Crippen LogP contribution is 2.20. The SMILES string of the molecule is CCN(C(=O)c1csnn1)c1ccccc1C. The summed E-state index contributed by atoms with van der Waals surface area (Å²) in [5, 5.41) is 5.49. The fraction of sp³-hybridized carbons (Fsp3) is 0.250. The van der Waals surface area contributed by atoms with Crippen molar-refractivity contribution in [3.63, 3.8) is 0 Å². The van der Waals surface area contributed by atoms with E-state index in [1.54, 1.807) is 10.3 Å². The van der Waals surface area contributed by atoms with Gasteiger partial charge in [0.1, 0.15) is 0 Å². The van der Waals surface area contributed by atoms with Gasteiger partial charge in [-0.3, -0.25) is 4.79 Å². The van der Waals surface area contributed by atoms with Crippen molar-refractivity contribution in [3.05, 3.63) is 40.9 Å². The average molecular weight is 247 g/mol. The Hall–Kier alpha value is -1.75. The van der Waals surface area contributed by atoms with Crippen LogP contribution in [0.3, 0.4) is 0 Å². The molecule has 0 atom stereocenters. The molecule has 2 rings (SSSR count). The smallest absolute Gasteiger partial charge is 0.279 e. The number of carbonyl (C=O) groups excluding carboxylic acids is 1. The Morgan fingerprint density at radius 3 is 2.76 bits per heavy atom. The van der Waals surface area contributed by atoms with Crippen LogP contribution in [0.25, 0.3) is 0 Å². The first-order chi connectivity index (χ1) is 8.24. The van der Waals surface area contributed by atoms with E-state index in [9.17, 15) is 4.79 Å². The minimum absolute atomic E-state index is 0.101. The van der Waals surface area contributed by atoms with Gasteiger partial charge >= 0.3 is 0 Å². The van der Waals surface area contributed by atoms with E-state index in [4.69, 9.17) is 0 Å². The lowest BCUT2D eigenvalue weighted by Gasteiger charge is -2.21. The van der Waals surface area contributed by atoms with Crippen molar-refractivity contribution in [1.82, 2.24) is 9.59 Å². The Balaban J connectivity index is 2.35. The van der Waals surface area contributed by atoms with Crippen molar-refractivity contribution in [2.24, 2.45) is 0 Å². The first-order valence-corrected chi connectivity index (χ1v) is 6.22. The highest BCUT2D eigenvalue weighted by Gasteiger charge is 2.19. The molecule has 5 heteroatoms. The van der Waals surface area contributed by atoms with Crippen LogP contribution in [0, 0.1) is 6.92 Å². The standard InChI is InChI=1S/C12H13N3OS/c1-3-15(11-7-5-4-6-9(11)2)12(16)10-8-17-14-13-10/h4-8H,3H2,1-2H3. The second kappa shape index (κ2) is 5.05. The molecule has 2 aromatic rings. The molecule has 88 valence electrons. The van der Waals surface area contributed by atoms with Crippen molar-refractivity contribution >= 4 is 23.1 Å². The van der Waals surface area contributed by atoms with Crippen LogP contribution >= 0.6 is 11.5 Å². The highest BCUT2D eigenvalue weighted by atomic mass is 32.1. The van der Waals surface area contributed by atoms with Crippen LogP contribution in [0.5, 0.6) is 0 Å². The van der Waals surface area contributed by atoms with E-state index < -0.39 is 0 Å². The molecule has 0 bridgehead atoms. The summed E-state index contributed by atoms with van der Waals surface area (Å²) in [4.78, 5) is 13.9. The maximum Gasteiger partial charge on any atom is 0.279 e. The zero-order valence-corrected chi connectivity index (χ0v) is 10.6. The molecule has 0 fully saturated rings. The Kier molecular flexibility index (Phi) is 3.49. The van der Waals surface area contributed by atoms with E-state index in [-0.39, 0.29) is 5.91 Å². The van der Waals surface area contributed by atoms with Crippen LogP contribution in [0.15, 0.2) is 29.6 Å². The number of aromatic nitrogens is 2. The Morgan fingerprint density at radius 1 is 1.41 bits per heavy atom. The van der Waals surface area contributed by atoms with Crippen molar-refractivity contribution in [2.45, 2.75) is 13.8 Å². The van der Waals surface area contributed by atoms with Crippen LogP contribution in [-0.2, 0) is 0 Å². The molecule has 0 aliphatic heterocycles. The molecule has 1 heterocycles. The summed E-state index contributed by atoms with van der Waals surface area (Å²) in [6, 6.07) is 7.82. The van der Waals surface area contributed by atoms with Gasteiger partial charge in [-0.1, -0.05) is 22.7 Å². The third kappa shape index (κ3) is 2.34. The highest BCUT2D eigenvalue weighted by molar-refractivity contribution is 7.03. The van der Waals surface area contributed by atoms with Gasteiger partial charge in [0.2, 0.25) is 0 Å². The van der Waals surface area contributed by atoms with E-state index >= 15 is 0 Å². The van der Waals surface area contributed by atoms with Crippen LogP contribution in [0.1, 0.15) is 23.0 Å². The molecule has 0 saturated carbocycles. The molecule has 0 spiro atoms. The zero-order chi connectivity index (χ0) is 12.3. The molecule has 1 aromatic carbocycles. The van der Waals surface area contributed by atoms with Gasteiger partial charge in [0.05, 0.1) is 0 Å². The predicted molar refractivity (Wildman–Crippen MR) is 68.4 cm³/mol. The van der Waals surface area contributed by atoms with Crippen LogP contribution < -0.4 is 4.90 Å². The summed E-state index contributed by atoms with van der Waals surface area (Å²) in [7, 11) is 0. The molecule has 0 radical (unpaired) electrons. The largest absolute Gasteiger partial charge is 0.307 e. The number of benzene rings is 1. The maximum atomic E-state index is 12.2. The molecule has 1 amide bonds. The summed E-state index contributed by atoms with van der Waals surface area (Å²) in [5.41, 5.74) is 2.40. The van der Waals surface area contributed by atoms with Crippen molar-refractivity contribution in [2.75, 3.05) is 11.4 Å². The number of amides is 1. The zero-order valence-electron chi connectivity index (χ0n) is 9.75. The summed E-state index contributed by atoms with van der Waals surface area (Å²) in [5.74, 6) is -0.101. The molecule has 0 saturated heterocycles. The monoisotopic (exact) mass is 247 g/mol. The van der Waals surface area contributed by atoms with E-state index in [1.165, 1.54) is 11.5 Å². The fourth-order valence-electron chi connectivity index (χ4n) is 1.69. The molecule has 1 aromatic heterocycles. The average Bonchev–Trinajstić information content (AvgIpc) is 2.86. The molecule has 4 nitrogen and oxygen atoms in total. The molecule has 0 aliphatic carbocycles. The number of anilines is 1. The van der Waals surface area contributed by atoms with Gasteiger partial charge < -0.3 is 4.90 Å². The fourth-order valence-corrected chi connectivity index (χ4v) is 2.12. The molecule has 17 heavy (non-hydrogen) atoms. The summed E-state index contributed by atoms with van der Waals surface area (Å²) in [6.45, 7) is 4.55. The van der Waals surface area contributed by atoms with Crippen molar-refractivity contribution in [3.8, 4) is 0 Å². The van der Waals surface area contributed by atoms with Gasteiger partial charge in [-0.2, -0.15) is 0 Å². The van der Waals surface area contributed by atoms with Crippen LogP contribution in [0.4, 0.5) is 5.69 Å². The minimum Gasteiger partial charge on any atom is -0.307 e. The number of hydrogen-bond donors (Lipinski definition) is 0.